The van der Waals surface area contributed by atoms with Crippen LogP contribution in [0.5, 0.6) is 17.2 Å². The number of nitriles is 1. The number of hydrogen-bond donors (Lipinski definition) is 1. The van der Waals surface area contributed by atoms with E-state index in [-0.39, 0.29) is 17.4 Å². The van der Waals surface area contributed by atoms with Gasteiger partial charge in [-0.05, 0) is 68.1 Å². The Hall–Kier alpha value is -4.70. The first-order valence-electron chi connectivity index (χ1n) is 14.5. The molecule has 2 N–H and O–H groups in total. The number of rotatable bonds is 10. The van der Waals surface area contributed by atoms with Crippen molar-refractivity contribution in [1.29, 1.82) is 5.26 Å². The fourth-order valence-corrected chi connectivity index (χ4v) is 5.63. The Morgan fingerprint density at radius 3 is 2.45 bits per heavy atom. The SMILES string of the molecule is CCCCCCCOc1ccc(C2C(C#N)=C(N)Oc3cc(OC(=O)c4oc5cc(C)cc(C)c5c4C)ccc32)cc1. The molecular weight excluding hydrogens is 528 g/mol. The average molecular weight is 565 g/mol. The van der Waals surface area contributed by atoms with E-state index in [9.17, 15) is 10.1 Å². The standard InChI is InChI=1S/C35H36N2O5/c1-5-6-7-8-9-16-39-25-12-10-24(11-13-25)32-27-15-14-26(19-29(27)42-34(37)28(32)20-36)40-35(38)33-23(4)31-22(3)17-21(2)18-30(31)41-33/h10-15,17-19,32H,5-9,16,37H2,1-4H3. The van der Waals surface area contributed by atoms with Gasteiger partial charge in [0, 0.05) is 22.6 Å². The van der Waals surface area contributed by atoms with Crippen LogP contribution < -0.4 is 19.9 Å². The van der Waals surface area contributed by atoms with Gasteiger partial charge in [0.15, 0.2) is 0 Å². The topological polar surface area (TPSA) is 108 Å². The number of carbonyl (C=O) groups excluding carboxylic acids is 1. The summed E-state index contributed by atoms with van der Waals surface area (Å²) in [5.74, 6) is 0.619. The second-order valence-electron chi connectivity index (χ2n) is 10.9. The van der Waals surface area contributed by atoms with Crippen LogP contribution in [0.15, 0.2) is 70.5 Å². The van der Waals surface area contributed by atoms with Gasteiger partial charge in [0.05, 0.1) is 12.5 Å². The minimum atomic E-state index is -0.602. The van der Waals surface area contributed by atoms with Crippen LogP contribution in [0, 0.1) is 32.1 Å². The number of ether oxygens (including phenoxy) is 3. The highest BCUT2D eigenvalue weighted by Crippen LogP contribution is 2.44. The number of benzene rings is 3. The molecule has 0 spiro atoms. The Kier molecular flexibility index (Phi) is 8.53. The molecule has 2 heterocycles. The Morgan fingerprint density at radius 2 is 1.71 bits per heavy atom. The highest BCUT2D eigenvalue weighted by atomic mass is 16.5. The zero-order valence-electron chi connectivity index (χ0n) is 24.6. The summed E-state index contributed by atoms with van der Waals surface area (Å²) in [7, 11) is 0. The summed E-state index contributed by atoms with van der Waals surface area (Å²) in [5.41, 5.74) is 11.6. The van der Waals surface area contributed by atoms with Crippen molar-refractivity contribution in [2.45, 2.75) is 65.7 Å². The van der Waals surface area contributed by atoms with Crippen LogP contribution in [0.3, 0.4) is 0 Å². The zero-order valence-corrected chi connectivity index (χ0v) is 24.6. The van der Waals surface area contributed by atoms with Crippen molar-refractivity contribution in [2.24, 2.45) is 5.73 Å². The monoisotopic (exact) mass is 564 g/mol. The Balaban J connectivity index is 1.35. The highest BCUT2D eigenvalue weighted by Gasteiger charge is 2.31. The van der Waals surface area contributed by atoms with E-state index < -0.39 is 11.9 Å². The lowest BCUT2D eigenvalue weighted by Crippen LogP contribution is -2.21. The van der Waals surface area contributed by atoms with E-state index in [1.54, 1.807) is 18.2 Å². The summed E-state index contributed by atoms with van der Waals surface area (Å²) < 4.78 is 23.4. The van der Waals surface area contributed by atoms with Crippen LogP contribution in [0.1, 0.15) is 83.3 Å². The molecule has 216 valence electrons. The predicted octanol–water partition coefficient (Wildman–Crippen LogP) is 8.14. The molecule has 0 bridgehead atoms. The lowest BCUT2D eigenvalue weighted by molar-refractivity contribution is 0.0702. The van der Waals surface area contributed by atoms with Crippen molar-refractivity contribution in [3.05, 3.63) is 99.6 Å². The van der Waals surface area contributed by atoms with Gasteiger partial charge in [-0.15, -0.1) is 0 Å². The average Bonchev–Trinajstić information content (AvgIpc) is 3.30. The fourth-order valence-electron chi connectivity index (χ4n) is 5.63. The molecule has 3 aromatic carbocycles. The van der Waals surface area contributed by atoms with E-state index in [4.69, 9.17) is 24.4 Å². The molecule has 4 aromatic rings. The van der Waals surface area contributed by atoms with Crippen molar-refractivity contribution in [1.82, 2.24) is 0 Å². The first-order chi connectivity index (χ1) is 20.3. The molecular formula is C35H36N2O5. The second-order valence-corrected chi connectivity index (χ2v) is 10.9. The molecule has 0 amide bonds. The molecule has 1 aliphatic rings. The number of fused-ring (bicyclic) bond motifs is 2. The molecule has 1 atom stereocenters. The first-order valence-corrected chi connectivity index (χ1v) is 14.5. The molecule has 7 heteroatoms. The van der Waals surface area contributed by atoms with E-state index in [0.29, 0.717) is 23.5 Å². The third-order valence-electron chi connectivity index (χ3n) is 7.69. The van der Waals surface area contributed by atoms with Gasteiger partial charge in [-0.1, -0.05) is 56.9 Å². The number of unbranched alkanes of at least 4 members (excludes halogenated alkanes) is 4. The molecule has 1 aliphatic heterocycles. The number of nitrogens with zero attached hydrogens (tertiary/aromatic N) is 1. The van der Waals surface area contributed by atoms with Crippen LogP contribution in [0.4, 0.5) is 0 Å². The second kappa shape index (κ2) is 12.4. The minimum Gasteiger partial charge on any atom is -0.494 e. The number of nitrogens with two attached hydrogens (primary N) is 1. The van der Waals surface area contributed by atoms with Gasteiger partial charge in [0.2, 0.25) is 11.6 Å². The molecule has 0 saturated heterocycles. The van der Waals surface area contributed by atoms with Gasteiger partial charge in [-0.3, -0.25) is 0 Å². The molecule has 42 heavy (non-hydrogen) atoms. The summed E-state index contributed by atoms with van der Waals surface area (Å²) in [4.78, 5) is 13.1. The molecule has 0 saturated carbocycles. The van der Waals surface area contributed by atoms with Gasteiger partial charge in [-0.25, -0.2) is 4.79 Å². The molecule has 1 unspecified atom stereocenters. The van der Waals surface area contributed by atoms with Crippen LogP contribution in [0.2, 0.25) is 0 Å². The third kappa shape index (κ3) is 5.84. The number of hydrogen-bond acceptors (Lipinski definition) is 7. The summed E-state index contributed by atoms with van der Waals surface area (Å²) >= 11 is 0. The van der Waals surface area contributed by atoms with Crippen molar-refractivity contribution in [3.63, 3.8) is 0 Å². The summed E-state index contributed by atoms with van der Waals surface area (Å²) in [5, 5.41) is 10.8. The summed E-state index contributed by atoms with van der Waals surface area (Å²) in [6.45, 7) is 8.71. The smallest absolute Gasteiger partial charge is 0.379 e. The summed E-state index contributed by atoms with van der Waals surface area (Å²) in [6.07, 6.45) is 5.88. The lowest BCUT2D eigenvalue weighted by atomic mass is 9.83. The van der Waals surface area contributed by atoms with E-state index in [1.807, 2.05) is 51.1 Å². The number of carbonyl (C=O) groups is 1. The lowest BCUT2D eigenvalue weighted by Gasteiger charge is -2.26. The van der Waals surface area contributed by atoms with Crippen molar-refractivity contribution in [2.75, 3.05) is 6.61 Å². The highest BCUT2D eigenvalue weighted by molar-refractivity contribution is 5.98. The van der Waals surface area contributed by atoms with Gasteiger partial charge in [0.1, 0.15) is 34.5 Å². The Bertz CT molecular complexity index is 1690. The van der Waals surface area contributed by atoms with E-state index in [0.717, 1.165) is 51.8 Å². The third-order valence-corrected chi connectivity index (χ3v) is 7.69. The van der Waals surface area contributed by atoms with Crippen molar-refractivity contribution >= 4 is 16.9 Å². The van der Waals surface area contributed by atoms with Gasteiger partial charge >= 0.3 is 5.97 Å². The number of allylic oxidation sites excluding steroid dienone is 1. The van der Waals surface area contributed by atoms with Crippen LogP contribution in [-0.4, -0.2) is 12.6 Å². The summed E-state index contributed by atoms with van der Waals surface area (Å²) in [6, 6.07) is 19.0. The molecule has 0 aliphatic carbocycles. The molecule has 7 nitrogen and oxygen atoms in total. The Morgan fingerprint density at radius 1 is 0.976 bits per heavy atom. The predicted molar refractivity (Wildman–Crippen MR) is 162 cm³/mol. The van der Waals surface area contributed by atoms with E-state index in [1.165, 1.54) is 19.3 Å². The van der Waals surface area contributed by atoms with Crippen molar-refractivity contribution in [3.8, 4) is 23.3 Å². The first kappa shape index (κ1) is 28.8. The zero-order chi connectivity index (χ0) is 29.8. The normalized spacial score (nSPS) is 14.3. The van der Waals surface area contributed by atoms with E-state index in [2.05, 4.69) is 19.1 Å². The van der Waals surface area contributed by atoms with Gasteiger partial charge < -0.3 is 24.4 Å². The quantitative estimate of drug-likeness (QED) is 0.118. The van der Waals surface area contributed by atoms with Crippen LogP contribution in [0.25, 0.3) is 11.0 Å². The molecule has 5 rings (SSSR count). The minimum absolute atomic E-state index is 0.0184. The maximum absolute atomic E-state index is 13.1. The van der Waals surface area contributed by atoms with Gasteiger partial charge in [-0.2, -0.15) is 5.26 Å². The van der Waals surface area contributed by atoms with Gasteiger partial charge in [0.25, 0.3) is 0 Å². The maximum Gasteiger partial charge on any atom is 0.379 e. The number of esters is 1. The molecule has 1 aromatic heterocycles. The number of furan rings is 1. The molecule has 0 fully saturated rings. The largest absolute Gasteiger partial charge is 0.494 e. The van der Waals surface area contributed by atoms with E-state index >= 15 is 0 Å². The van der Waals surface area contributed by atoms with Crippen LogP contribution in [-0.2, 0) is 0 Å². The number of aryl methyl sites for hydroxylation is 3. The van der Waals surface area contributed by atoms with Crippen LogP contribution >= 0.6 is 0 Å². The molecule has 0 radical (unpaired) electrons. The maximum atomic E-state index is 13.1. The van der Waals surface area contributed by atoms with Crippen molar-refractivity contribution < 1.29 is 23.4 Å². The Labute approximate surface area is 246 Å². The fraction of sp³-hybridized carbons (Fsp3) is 0.314.